The molecule has 0 aliphatic rings. The zero-order chi connectivity index (χ0) is 27.7. The highest BCUT2D eigenvalue weighted by Crippen LogP contribution is 2.26. The molecule has 0 unspecified atom stereocenters. The number of nitrogens with one attached hydrogen (secondary N) is 3. The van der Waals surface area contributed by atoms with Crippen molar-refractivity contribution in [3.8, 4) is 0 Å². The van der Waals surface area contributed by atoms with E-state index in [-0.39, 0.29) is 23.3 Å². The van der Waals surface area contributed by atoms with E-state index in [1.165, 1.54) is 23.1 Å². The molecule has 5 rings (SSSR count). The van der Waals surface area contributed by atoms with E-state index in [0.29, 0.717) is 16.4 Å². The average Bonchev–Trinajstić information content (AvgIpc) is 3.39. The average molecular weight is 565 g/mol. The van der Waals surface area contributed by atoms with Gasteiger partial charge in [0.2, 0.25) is 5.91 Å². The van der Waals surface area contributed by atoms with Gasteiger partial charge in [-0.1, -0.05) is 78.1 Å². The van der Waals surface area contributed by atoms with Crippen LogP contribution in [0.3, 0.4) is 0 Å². The summed E-state index contributed by atoms with van der Waals surface area (Å²) in [5.41, 5.74) is 2.70. The van der Waals surface area contributed by atoms with Crippen LogP contribution < -0.4 is 16.0 Å². The normalized spacial score (nSPS) is 11.2. The van der Waals surface area contributed by atoms with Gasteiger partial charge in [0.1, 0.15) is 5.70 Å². The zero-order valence-electron chi connectivity index (χ0n) is 21.2. The Morgan fingerprint density at radius 1 is 0.800 bits per heavy atom. The van der Waals surface area contributed by atoms with Gasteiger partial charge in [0, 0.05) is 16.1 Å². The van der Waals surface area contributed by atoms with E-state index in [2.05, 4.69) is 20.9 Å². The second-order valence-corrected chi connectivity index (χ2v) is 10.7. The first-order valence-electron chi connectivity index (χ1n) is 12.4. The molecule has 198 valence electrons. The van der Waals surface area contributed by atoms with E-state index in [1.54, 1.807) is 48.5 Å². The van der Waals surface area contributed by atoms with Crippen molar-refractivity contribution < 1.29 is 14.4 Å². The number of benzene rings is 4. The molecular formula is C31H24N4O3S2. The van der Waals surface area contributed by atoms with Crippen LogP contribution in [0.4, 0.5) is 10.8 Å². The number of carbonyl (C=O) groups is 3. The summed E-state index contributed by atoms with van der Waals surface area (Å²) < 4.78 is 1.01. The summed E-state index contributed by atoms with van der Waals surface area (Å²) in [6, 6.07) is 32.9. The van der Waals surface area contributed by atoms with Crippen LogP contribution in [-0.2, 0) is 9.59 Å². The largest absolute Gasteiger partial charge is 0.321 e. The molecule has 0 fully saturated rings. The fourth-order valence-electron chi connectivity index (χ4n) is 3.75. The number of nitrogens with zero attached hydrogens (tertiary/aromatic N) is 1. The first kappa shape index (κ1) is 26.9. The van der Waals surface area contributed by atoms with Crippen molar-refractivity contribution in [1.82, 2.24) is 10.3 Å². The Bertz CT molecular complexity index is 1650. The fourth-order valence-corrected chi connectivity index (χ4v) is 5.39. The molecule has 0 saturated carbocycles. The maximum absolute atomic E-state index is 13.3. The van der Waals surface area contributed by atoms with Crippen molar-refractivity contribution in [2.24, 2.45) is 0 Å². The van der Waals surface area contributed by atoms with Crippen LogP contribution in [0.15, 0.2) is 120 Å². The number of aromatic nitrogens is 1. The molecule has 7 nitrogen and oxygen atoms in total. The Labute approximate surface area is 239 Å². The van der Waals surface area contributed by atoms with Crippen molar-refractivity contribution >= 4 is 67.9 Å². The number of carbonyl (C=O) groups excluding carboxylic acids is 3. The number of fused-ring (bicyclic) bond motifs is 1. The Morgan fingerprint density at radius 3 is 2.30 bits per heavy atom. The number of para-hydroxylation sites is 1. The topological polar surface area (TPSA) is 100 Å². The maximum atomic E-state index is 13.3. The predicted molar refractivity (Wildman–Crippen MR) is 162 cm³/mol. The number of hydrogen-bond donors (Lipinski definition) is 3. The number of amides is 3. The van der Waals surface area contributed by atoms with Gasteiger partial charge in [-0.3, -0.25) is 14.4 Å². The standard InChI is InChI=1S/C31H24N4O3S2/c36-28(35-31-34-25-16-7-8-17-27(25)40-31)20-39-24-15-9-14-23(19-24)32-30(38)26(18-21-10-3-1-4-11-21)33-29(37)22-12-5-2-6-13-22/h1-19H,20H2,(H,32,38)(H,33,37)(H,34,35,36)/b26-18-. The summed E-state index contributed by atoms with van der Waals surface area (Å²) in [6.45, 7) is 0. The van der Waals surface area contributed by atoms with Crippen molar-refractivity contribution in [3.05, 3.63) is 126 Å². The number of hydrogen-bond acceptors (Lipinski definition) is 6. The Hall–Kier alpha value is -4.73. The Kier molecular flexibility index (Phi) is 8.65. The smallest absolute Gasteiger partial charge is 0.272 e. The number of anilines is 2. The minimum atomic E-state index is -0.469. The zero-order valence-corrected chi connectivity index (χ0v) is 22.8. The third-order valence-corrected chi connectivity index (χ3v) is 7.59. The second-order valence-electron chi connectivity index (χ2n) is 8.59. The van der Waals surface area contributed by atoms with Crippen molar-refractivity contribution in [1.29, 1.82) is 0 Å². The molecule has 0 aliphatic heterocycles. The molecule has 0 saturated heterocycles. The molecule has 40 heavy (non-hydrogen) atoms. The van der Waals surface area contributed by atoms with Gasteiger partial charge in [0.15, 0.2) is 5.13 Å². The van der Waals surface area contributed by atoms with Crippen molar-refractivity contribution in [3.63, 3.8) is 0 Å². The van der Waals surface area contributed by atoms with Gasteiger partial charge < -0.3 is 16.0 Å². The summed E-state index contributed by atoms with van der Waals surface area (Å²) in [5, 5.41) is 9.00. The molecule has 3 amide bonds. The van der Waals surface area contributed by atoms with Crippen LogP contribution in [0.2, 0.25) is 0 Å². The van der Waals surface area contributed by atoms with E-state index in [4.69, 9.17) is 0 Å². The predicted octanol–water partition coefficient (Wildman–Crippen LogP) is 6.44. The Balaban J connectivity index is 1.24. The highest BCUT2D eigenvalue weighted by molar-refractivity contribution is 8.00. The summed E-state index contributed by atoms with van der Waals surface area (Å²) in [6.07, 6.45) is 1.63. The molecule has 4 aromatic carbocycles. The van der Waals surface area contributed by atoms with E-state index >= 15 is 0 Å². The summed E-state index contributed by atoms with van der Waals surface area (Å²) >= 11 is 2.77. The van der Waals surface area contributed by atoms with E-state index in [0.717, 1.165) is 20.7 Å². The SMILES string of the molecule is O=C(CSc1cccc(NC(=O)/C(=C/c2ccccc2)NC(=O)c2ccccc2)c1)Nc1nc2ccccc2s1. The minimum Gasteiger partial charge on any atom is -0.321 e. The molecule has 0 atom stereocenters. The number of thiazole rings is 1. The molecular weight excluding hydrogens is 541 g/mol. The van der Waals surface area contributed by atoms with Gasteiger partial charge in [-0.25, -0.2) is 4.98 Å². The number of rotatable bonds is 9. The van der Waals surface area contributed by atoms with Crippen LogP contribution in [0.25, 0.3) is 16.3 Å². The third kappa shape index (κ3) is 7.22. The van der Waals surface area contributed by atoms with Gasteiger partial charge in [-0.05, 0) is 54.1 Å². The quantitative estimate of drug-likeness (QED) is 0.141. The summed E-state index contributed by atoms with van der Waals surface area (Å²) in [7, 11) is 0. The van der Waals surface area contributed by atoms with E-state index in [9.17, 15) is 14.4 Å². The van der Waals surface area contributed by atoms with Gasteiger partial charge in [-0.2, -0.15) is 0 Å². The lowest BCUT2D eigenvalue weighted by Gasteiger charge is -2.12. The lowest BCUT2D eigenvalue weighted by molar-refractivity contribution is -0.114. The molecule has 0 spiro atoms. The molecule has 3 N–H and O–H groups in total. The van der Waals surface area contributed by atoms with Gasteiger partial charge in [0.25, 0.3) is 11.8 Å². The highest BCUT2D eigenvalue weighted by Gasteiger charge is 2.15. The molecule has 0 bridgehead atoms. The maximum Gasteiger partial charge on any atom is 0.272 e. The first-order chi connectivity index (χ1) is 19.5. The van der Waals surface area contributed by atoms with Gasteiger partial charge >= 0.3 is 0 Å². The second kappa shape index (κ2) is 12.9. The lowest BCUT2D eigenvalue weighted by atomic mass is 10.1. The van der Waals surface area contributed by atoms with Gasteiger partial charge in [-0.15, -0.1) is 11.8 Å². The van der Waals surface area contributed by atoms with Crippen molar-refractivity contribution in [2.75, 3.05) is 16.4 Å². The monoisotopic (exact) mass is 564 g/mol. The first-order valence-corrected chi connectivity index (χ1v) is 14.2. The molecule has 0 aliphatic carbocycles. The summed E-state index contributed by atoms with van der Waals surface area (Å²) in [4.78, 5) is 43.8. The van der Waals surface area contributed by atoms with E-state index in [1.807, 2.05) is 66.7 Å². The Morgan fingerprint density at radius 2 is 1.52 bits per heavy atom. The molecule has 9 heteroatoms. The van der Waals surface area contributed by atoms with Crippen LogP contribution in [0.5, 0.6) is 0 Å². The summed E-state index contributed by atoms with van der Waals surface area (Å²) in [5.74, 6) is -0.847. The van der Waals surface area contributed by atoms with Gasteiger partial charge in [0.05, 0.1) is 16.0 Å². The van der Waals surface area contributed by atoms with Crippen LogP contribution in [-0.4, -0.2) is 28.5 Å². The highest BCUT2D eigenvalue weighted by atomic mass is 32.2. The molecule has 1 heterocycles. The molecule has 5 aromatic rings. The fraction of sp³-hybridized carbons (Fsp3) is 0.0323. The third-order valence-electron chi connectivity index (χ3n) is 5.64. The molecule has 1 aromatic heterocycles. The lowest BCUT2D eigenvalue weighted by Crippen LogP contribution is -2.30. The van der Waals surface area contributed by atoms with Crippen LogP contribution >= 0.6 is 23.1 Å². The van der Waals surface area contributed by atoms with Crippen molar-refractivity contribution in [2.45, 2.75) is 4.90 Å². The molecule has 0 radical (unpaired) electrons. The minimum absolute atomic E-state index is 0.105. The van der Waals surface area contributed by atoms with E-state index < -0.39 is 5.91 Å². The van der Waals surface area contributed by atoms with Crippen LogP contribution in [0, 0.1) is 0 Å². The van der Waals surface area contributed by atoms with Crippen LogP contribution in [0.1, 0.15) is 15.9 Å². The number of thioether (sulfide) groups is 1.